The van der Waals surface area contributed by atoms with Gasteiger partial charge in [-0.3, -0.25) is 4.18 Å². The van der Waals surface area contributed by atoms with Gasteiger partial charge in [0, 0.05) is 25.0 Å². The Bertz CT molecular complexity index is 1280. The van der Waals surface area contributed by atoms with Gasteiger partial charge in [0.1, 0.15) is 0 Å². The molecule has 7 nitrogen and oxygen atoms in total. The van der Waals surface area contributed by atoms with Gasteiger partial charge in [0.05, 0.1) is 23.7 Å². The number of ether oxygens (including phenoxy) is 4. The zero-order chi connectivity index (χ0) is 32.6. The molecule has 4 aliphatic rings. The van der Waals surface area contributed by atoms with Gasteiger partial charge in [0.25, 0.3) is 10.1 Å². The van der Waals surface area contributed by atoms with Crippen LogP contribution in [0.4, 0.5) is 0 Å². The molecule has 8 heteroatoms. The second-order valence-electron chi connectivity index (χ2n) is 14.8. The molecule has 2 unspecified atom stereocenters. The molecule has 0 aromatic heterocycles. The zero-order valence-electron chi connectivity index (χ0n) is 28.9. The molecule has 1 aromatic carbocycles. The van der Waals surface area contributed by atoms with Crippen molar-refractivity contribution in [1.29, 1.82) is 0 Å². The Hall–Kier alpha value is -1.29. The molecular formula is C37H58O7S. The minimum absolute atomic E-state index is 0.00605. The first-order valence-electron chi connectivity index (χ1n) is 17.5. The first-order chi connectivity index (χ1) is 21.3. The van der Waals surface area contributed by atoms with Crippen molar-refractivity contribution in [3.05, 3.63) is 41.5 Å². The van der Waals surface area contributed by atoms with Gasteiger partial charge in [0.2, 0.25) is 0 Å². The van der Waals surface area contributed by atoms with Crippen molar-refractivity contribution in [2.45, 2.75) is 130 Å². The van der Waals surface area contributed by atoms with Crippen LogP contribution >= 0.6 is 0 Å². The predicted molar refractivity (Wildman–Crippen MR) is 176 cm³/mol. The Kier molecular flexibility index (Phi) is 10.9. The summed E-state index contributed by atoms with van der Waals surface area (Å²) in [5, 5.41) is 0. The molecule has 5 rings (SSSR count). The maximum atomic E-state index is 13.0. The highest BCUT2D eigenvalue weighted by Gasteiger charge is 2.61. The SMILES string of the molecule is CCOC(C)O[C@@H]1CC2=CC[C@H]3[C@@H]4CC[C@H]([C@H](C)COS(=O)(=O)c5ccc(C)cc5)[C@@]4(C)CC[C@@H]3[C@@]2(C)[C@@H](OC(C)OCC)C1. The van der Waals surface area contributed by atoms with Gasteiger partial charge < -0.3 is 18.9 Å². The van der Waals surface area contributed by atoms with Crippen LogP contribution in [0.3, 0.4) is 0 Å². The minimum Gasteiger partial charge on any atom is -0.353 e. The lowest BCUT2D eigenvalue weighted by Gasteiger charge is -2.60. The molecule has 0 radical (unpaired) electrons. The maximum absolute atomic E-state index is 13.0. The quantitative estimate of drug-likeness (QED) is 0.122. The van der Waals surface area contributed by atoms with Crippen LogP contribution in [0.1, 0.15) is 99.0 Å². The second-order valence-corrected chi connectivity index (χ2v) is 16.4. The molecule has 4 aliphatic carbocycles. The van der Waals surface area contributed by atoms with Gasteiger partial charge in [-0.25, -0.2) is 0 Å². The smallest absolute Gasteiger partial charge is 0.296 e. The number of aryl methyl sites for hydroxylation is 1. The molecule has 0 bridgehead atoms. The van der Waals surface area contributed by atoms with Crippen LogP contribution in [0, 0.1) is 47.3 Å². The number of hydrogen-bond donors (Lipinski definition) is 0. The molecule has 0 saturated heterocycles. The van der Waals surface area contributed by atoms with Crippen molar-refractivity contribution in [1.82, 2.24) is 0 Å². The number of benzene rings is 1. The first-order valence-corrected chi connectivity index (χ1v) is 18.9. The summed E-state index contributed by atoms with van der Waals surface area (Å²) in [6.07, 6.45) is 9.55. The average molecular weight is 647 g/mol. The van der Waals surface area contributed by atoms with Gasteiger partial charge >= 0.3 is 0 Å². The highest BCUT2D eigenvalue weighted by molar-refractivity contribution is 7.86. The molecule has 0 amide bonds. The topological polar surface area (TPSA) is 80.3 Å². The van der Waals surface area contributed by atoms with Crippen LogP contribution in [0.5, 0.6) is 0 Å². The largest absolute Gasteiger partial charge is 0.353 e. The zero-order valence-corrected chi connectivity index (χ0v) is 29.7. The van der Waals surface area contributed by atoms with Crippen molar-refractivity contribution in [2.75, 3.05) is 19.8 Å². The summed E-state index contributed by atoms with van der Waals surface area (Å²) in [5.41, 5.74) is 2.61. The van der Waals surface area contributed by atoms with E-state index in [0.717, 1.165) is 44.1 Å². The van der Waals surface area contributed by atoms with E-state index >= 15 is 0 Å². The van der Waals surface area contributed by atoms with E-state index in [-0.39, 0.29) is 53.0 Å². The van der Waals surface area contributed by atoms with E-state index in [4.69, 9.17) is 23.1 Å². The molecular weight excluding hydrogens is 588 g/mol. The van der Waals surface area contributed by atoms with Crippen LogP contribution < -0.4 is 0 Å². The lowest BCUT2D eigenvalue weighted by atomic mass is 9.46. The molecule has 0 heterocycles. The van der Waals surface area contributed by atoms with Crippen molar-refractivity contribution in [3.63, 3.8) is 0 Å². The lowest BCUT2D eigenvalue weighted by molar-refractivity contribution is -0.229. The number of fused-ring (bicyclic) bond motifs is 5. The highest BCUT2D eigenvalue weighted by Crippen LogP contribution is 2.67. The Balaban J connectivity index is 1.33. The summed E-state index contributed by atoms with van der Waals surface area (Å²) in [7, 11) is -3.78. The molecule has 45 heavy (non-hydrogen) atoms. The average Bonchev–Trinajstić information content (AvgIpc) is 3.34. The van der Waals surface area contributed by atoms with Crippen molar-refractivity contribution in [2.24, 2.45) is 40.4 Å². The molecule has 11 atom stereocenters. The Morgan fingerprint density at radius 3 is 2.24 bits per heavy atom. The third-order valence-corrected chi connectivity index (χ3v) is 13.5. The van der Waals surface area contributed by atoms with Crippen LogP contribution in [-0.2, 0) is 33.2 Å². The fourth-order valence-electron chi connectivity index (χ4n) is 10.1. The third-order valence-electron chi connectivity index (χ3n) is 12.2. The van der Waals surface area contributed by atoms with Gasteiger partial charge in [-0.05, 0) is 120 Å². The Morgan fingerprint density at radius 1 is 0.911 bits per heavy atom. The van der Waals surface area contributed by atoms with E-state index in [9.17, 15) is 8.42 Å². The number of hydrogen-bond acceptors (Lipinski definition) is 7. The lowest BCUT2D eigenvalue weighted by Crippen LogP contribution is -2.57. The molecule has 1 aromatic rings. The molecule has 254 valence electrons. The van der Waals surface area contributed by atoms with Crippen LogP contribution in [0.2, 0.25) is 0 Å². The van der Waals surface area contributed by atoms with Crippen molar-refractivity contribution in [3.8, 4) is 0 Å². The Morgan fingerprint density at radius 2 is 1.58 bits per heavy atom. The molecule has 0 N–H and O–H groups in total. The van der Waals surface area contributed by atoms with E-state index in [1.54, 1.807) is 12.1 Å². The number of allylic oxidation sites excluding steroid dienone is 1. The normalized spacial score (nSPS) is 36.8. The monoisotopic (exact) mass is 646 g/mol. The van der Waals surface area contributed by atoms with Gasteiger partial charge in [-0.1, -0.05) is 50.1 Å². The Labute approximate surface area is 272 Å². The first kappa shape index (κ1) is 35.0. The van der Waals surface area contributed by atoms with E-state index in [2.05, 4.69) is 26.8 Å². The summed E-state index contributed by atoms with van der Waals surface area (Å²) < 4.78 is 56.5. The highest BCUT2D eigenvalue weighted by atomic mass is 32.2. The molecule has 0 aliphatic heterocycles. The summed E-state index contributed by atoms with van der Waals surface area (Å²) in [6.45, 7) is 18.6. The predicted octanol–water partition coefficient (Wildman–Crippen LogP) is 8.06. The van der Waals surface area contributed by atoms with E-state index in [0.29, 0.717) is 36.9 Å². The van der Waals surface area contributed by atoms with Crippen LogP contribution in [-0.4, -0.2) is 53.0 Å². The van der Waals surface area contributed by atoms with Gasteiger partial charge in [0.15, 0.2) is 12.6 Å². The minimum atomic E-state index is -3.78. The van der Waals surface area contributed by atoms with Crippen LogP contribution in [0.15, 0.2) is 40.8 Å². The summed E-state index contributed by atoms with van der Waals surface area (Å²) in [5.74, 6) is 2.31. The molecule has 3 saturated carbocycles. The standard InChI is InChI=1S/C37H58O7S/c1-9-40-26(5)43-29-21-28-13-16-31-33-18-17-32(25(4)23-42-45(38,39)30-14-11-24(3)12-15-30)36(33,7)20-19-34(31)37(28,8)35(22-29)44-27(6)41-10-2/h11-15,25-27,29,31-35H,9-10,16-23H2,1-8H3/t25-,26?,27?,29-,31+,32-,33+,34+,35+,36-,37+/m1/s1. The number of rotatable bonds is 13. The van der Waals surface area contributed by atoms with Crippen LogP contribution in [0.25, 0.3) is 0 Å². The van der Waals surface area contributed by atoms with Crippen molar-refractivity contribution >= 4 is 10.1 Å². The fourth-order valence-corrected chi connectivity index (χ4v) is 11.1. The summed E-state index contributed by atoms with van der Waals surface area (Å²) in [6, 6.07) is 6.92. The maximum Gasteiger partial charge on any atom is 0.296 e. The van der Waals surface area contributed by atoms with E-state index in [1.807, 2.05) is 46.8 Å². The van der Waals surface area contributed by atoms with E-state index < -0.39 is 10.1 Å². The molecule has 0 spiro atoms. The summed E-state index contributed by atoms with van der Waals surface area (Å²) in [4.78, 5) is 0.234. The summed E-state index contributed by atoms with van der Waals surface area (Å²) >= 11 is 0. The van der Waals surface area contributed by atoms with E-state index in [1.165, 1.54) is 12.0 Å². The fraction of sp³-hybridized carbons (Fsp3) is 0.784. The second kappa shape index (κ2) is 14.1. The van der Waals surface area contributed by atoms with Gasteiger partial charge in [-0.2, -0.15) is 8.42 Å². The van der Waals surface area contributed by atoms with Crippen molar-refractivity contribution < 1.29 is 31.5 Å². The van der Waals surface area contributed by atoms with Gasteiger partial charge in [-0.15, -0.1) is 0 Å². The molecule has 3 fully saturated rings. The third kappa shape index (κ3) is 6.98.